The van der Waals surface area contributed by atoms with Crippen LogP contribution in [-0.4, -0.2) is 57.7 Å². The Morgan fingerprint density at radius 2 is 1.76 bits per heavy atom. The summed E-state index contributed by atoms with van der Waals surface area (Å²) in [4.78, 5) is 26.8. The third-order valence-corrected chi connectivity index (χ3v) is 4.56. The molecule has 1 heterocycles. The lowest BCUT2D eigenvalue weighted by Crippen LogP contribution is -2.41. The first-order valence-corrected chi connectivity index (χ1v) is 8.27. The summed E-state index contributed by atoms with van der Waals surface area (Å²) in [6, 6.07) is 3.26. The van der Waals surface area contributed by atoms with Gasteiger partial charge in [0.25, 0.3) is 5.91 Å². The fourth-order valence-electron chi connectivity index (χ4n) is 3.08. The Morgan fingerprint density at radius 3 is 2.24 bits per heavy atom. The number of nitrogens with one attached hydrogen (secondary N) is 1. The van der Waals surface area contributed by atoms with E-state index in [2.05, 4.69) is 5.32 Å². The molecule has 0 bridgehead atoms. The zero-order chi connectivity index (χ0) is 18.6. The Balaban J connectivity index is 2.25. The second-order valence-corrected chi connectivity index (χ2v) is 6.31. The van der Waals surface area contributed by atoms with Crippen LogP contribution in [0, 0.1) is 5.41 Å². The van der Waals surface area contributed by atoms with Gasteiger partial charge in [-0.25, -0.2) is 0 Å². The van der Waals surface area contributed by atoms with Crippen LogP contribution < -0.4 is 19.5 Å². The summed E-state index contributed by atoms with van der Waals surface area (Å²) in [5.74, 6) is 1.12. The van der Waals surface area contributed by atoms with Crippen molar-refractivity contribution >= 4 is 11.8 Å². The van der Waals surface area contributed by atoms with Crippen LogP contribution in [0.25, 0.3) is 0 Å². The molecule has 1 aromatic rings. The lowest BCUT2D eigenvalue weighted by atomic mass is 9.89. The molecule has 1 atom stereocenters. The number of amides is 2. The van der Waals surface area contributed by atoms with Crippen molar-refractivity contribution in [2.24, 2.45) is 5.41 Å². The summed E-state index contributed by atoms with van der Waals surface area (Å²) in [7, 11) is 4.53. The van der Waals surface area contributed by atoms with E-state index in [0.717, 1.165) is 0 Å². The van der Waals surface area contributed by atoms with Gasteiger partial charge in [0.15, 0.2) is 11.5 Å². The van der Waals surface area contributed by atoms with Crippen molar-refractivity contribution in [3.05, 3.63) is 17.7 Å². The molecule has 1 fully saturated rings. The van der Waals surface area contributed by atoms with Gasteiger partial charge in [0.05, 0.1) is 26.7 Å². The first-order valence-electron chi connectivity index (χ1n) is 8.27. The average Bonchev–Trinajstić information content (AvgIpc) is 3.03. The topological polar surface area (TPSA) is 77.1 Å². The van der Waals surface area contributed by atoms with Gasteiger partial charge >= 0.3 is 0 Å². The molecule has 1 aliphatic heterocycles. The van der Waals surface area contributed by atoms with Crippen molar-refractivity contribution in [3.8, 4) is 17.2 Å². The van der Waals surface area contributed by atoms with Crippen molar-refractivity contribution in [3.63, 3.8) is 0 Å². The second kappa shape index (κ2) is 7.63. The monoisotopic (exact) mass is 350 g/mol. The van der Waals surface area contributed by atoms with Crippen molar-refractivity contribution in [2.45, 2.75) is 20.3 Å². The Kier molecular flexibility index (Phi) is 5.77. The van der Waals surface area contributed by atoms with E-state index in [0.29, 0.717) is 48.9 Å². The molecule has 2 amide bonds. The van der Waals surface area contributed by atoms with Crippen LogP contribution >= 0.6 is 0 Å². The summed E-state index contributed by atoms with van der Waals surface area (Å²) in [5, 5.41) is 2.85. The maximum atomic E-state index is 12.9. The minimum absolute atomic E-state index is 0.0183. The van der Waals surface area contributed by atoms with Crippen LogP contribution in [0.2, 0.25) is 0 Å². The Hall–Kier alpha value is -2.44. The van der Waals surface area contributed by atoms with Gasteiger partial charge in [0.1, 0.15) is 0 Å². The zero-order valence-corrected chi connectivity index (χ0v) is 15.5. The quantitative estimate of drug-likeness (QED) is 0.845. The number of hydrogen-bond donors (Lipinski definition) is 1. The number of likely N-dealkylation sites (tertiary alicyclic amines) is 1. The summed E-state index contributed by atoms with van der Waals surface area (Å²) >= 11 is 0. The van der Waals surface area contributed by atoms with Crippen LogP contribution in [0.1, 0.15) is 30.6 Å². The molecule has 0 aromatic heterocycles. The van der Waals surface area contributed by atoms with E-state index in [1.54, 1.807) is 17.0 Å². The highest BCUT2D eigenvalue weighted by Gasteiger charge is 2.42. The van der Waals surface area contributed by atoms with E-state index in [-0.39, 0.29) is 11.8 Å². The highest BCUT2D eigenvalue weighted by Crippen LogP contribution is 2.39. The highest BCUT2D eigenvalue weighted by atomic mass is 16.5. The van der Waals surface area contributed by atoms with E-state index in [1.807, 2.05) is 13.8 Å². The predicted molar refractivity (Wildman–Crippen MR) is 93.4 cm³/mol. The fourth-order valence-corrected chi connectivity index (χ4v) is 3.08. The molecule has 7 nitrogen and oxygen atoms in total. The van der Waals surface area contributed by atoms with E-state index < -0.39 is 5.41 Å². The summed E-state index contributed by atoms with van der Waals surface area (Å²) in [6.07, 6.45) is 0.634. The van der Waals surface area contributed by atoms with Gasteiger partial charge in [0.2, 0.25) is 11.7 Å². The molecule has 25 heavy (non-hydrogen) atoms. The van der Waals surface area contributed by atoms with Crippen LogP contribution in [0.15, 0.2) is 12.1 Å². The lowest BCUT2D eigenvalue weighted by Gasteiger charge is -2.23. The van der Waals surface area contributed by atoms with Gasteiger partial charge < -0.3 is 24.4 Å². The standard InChI is InChI=1S/C18H26N2O5/c1-6-19-17(22)18(2)7-8-20(11-18)16(21)12-9-13(23-3)15(25-5)14(10-12)24-4/h9-10H,6-8,11H2,1-5H3,(H,19,22). The molecule has 0 radical (unpaired) electrons. The number of rotatable bonds is 6. The molecule has 1 saturated heterocycles. The molecule has 1 N–H and O–H groups in total. The van der Waals surface area contributed by atoms with E-state index >= 15 is 0 Å². The smallest absolute Gasteiger partial charge is 0.254 e. The van der Waals surface area contributed by atoms with Gasteiger partial charge in [-0.3, -0.25) is 9.59 Å². The predicted octanol–water partition coefficient (Wildman–Crippen LogP) is 1.70. The normalized spacial score (nSPS) is 19.5. The minimum Gasteiger partial charge on any atom is -0.493 e. The molecule has 0 saturated carbocycles. The third-order valence-electron chi connectivity index (χ3n) is 4.56. The Labute approximate surface area is 148 Å². The summed E-state index contributed by atoms with van der Waals surface area (Å²) in [5.41, 5.74) is -0.124. The lowest BCUT2D eigenvalue weighted by molar-refractivity contribution is -0.129. The number of methoxy groups -OCH3 is 3. The molecule has 1 aliphatic rings. The molecule has 138 valence electrons. The van der Waals surface area contributed by atoms with Crippen molar-refractivity contribution in [2.75, 3.05) is 41.0 Å². The number of benzene rings is 1. The molecule has 0 aliphatic carbocycles. The largest absolute Gasteiger partial charge is 0.493 e. The minimum atomic E-state index is -0.563. The number of nitrogens with zero attached hydrogens (tertiary/aromatic N) is 1. The molecule has 0 spiro atoms. The van der Waals surface area contributed by atoms with E-state index in [1.165, 1.54) is 21.3 Å². The van der Waals surface area contributed by atoms with Crippen LogP contribution in [0.5, 0.6) is 17.2 Å². The van der Waals surface area contributed by atoms with Crippen LogP contribution in [0.3, 0.4) is 0 Å². The zero-order valence-electron chi connectivity index (χ0n) is 15.5. The first-order chi connectivity index (χ1) is 11.9. The van der Waals surface area contributed by atoms with Crippen molar-refractivity contribution in [1.29, 1.82) is 0 Å². The van der Waals surface area contributed by atoms with E-state index in [9.17, 15) is 9.59 Å². The SMILES string of the molecule is CCNC(=O)C1(C)CCN(C(=O)c2cc(OC)c(OC)c(OC)c2)C1. The van der Waals surface area contributed by atoms with Crippen molar-refractivity contribution < 1.29 is 23.8 Å². The number of carbonyl (C=O) groups excluding carboxylic acids is 2. The Bertz CT molecular complexity index is 636. The first kappa shape index (κ1) is 18.9. The van der Waals surface area contributed by atoms with Gasteiger partial charge in [0, 0.05) is 25.2 Å². The maximum absolute atomic E-state index is 12.9. The van der Waals surface area contributed by atoms with Gasteiger partial charge in [-0.15, -0.1) is 0 Å². The molecule has 7 heteroatoms. The molecular weight excluding hydrogens is 324 g/mol. The van der Waals surface area contributed by atoms with Gasteiger partial charge in [-0.05, 0) is 32.4 Å². The Morgan fingerprint density at radius 1 is 1.16 bits per heavy atom. The average molecular weight is 350 g/mol. The maximum Gasteiger partial charge on any atom is 0.254 e. The van der Waals surface area contributed by atoms with Crippen LogP contribution in [-0.2, 0) is 4.79 Å². The van der Waals surface area contributed by atoms with Crippen molar-refractivity contribution in [1.82, 2.24) is 10.2 Å². The number of hydrogen-bond acceptors (Lipinski definition) is 5. The molecule has 1 aromatic carbocycles. The summed E-state index contributed by atoms with van der Waals surface area (Å²) in [6.45, 7) is 5.27. The molecule has 1 unspecified atom stereocenters. The third kappa shape index (κ3) is 3.65. The number of carbonyl (C=O) groups is 2. The summed E-state index contributed by atoms with van der Waals surface area (Å²) < 4.78 is 15.9. The molecule has 2 rings (SSSR count). The van der Waals surface area contributed by atoms with E-state index in [4.69, 9.17) is 14.2 Å². The van der Waals surface area contributed by atoms with Gasteiger partial charge in [-0.2, -0.15) is 0 Å². The molecular formula is C18H26N2O5. The second-order valence-electron chi connectivity index (χ2n) is 6.31. The van der Waals surface area contributed by atoms with Gasteiger partial charge in [-0.1, -0.05) is 0 Å². The highest BCUT2D eigenvalue weighted by molar-refractivity contribution is 5.96. The van der Waals surface area contributed by atoms with Crippen LogP contribution in [0.4, 0.5) is 0 Å². The fraction of sp³-hybridized carbons (Fsp3) is 0.556. The number of ether oxygens (including phenoxy) is 3.